The van der Waals surface area contributed by atoms with Crippen molar-refractivity contribution in [1.82, 2.24) is 18.7 Å². The van der Waals surface area contributed by atoms with Gasteiger partial charge in [0.15, 0.2) is 0 Å². The van der Waals surface area contributed by atoms with Crippen molar-refractivity contribution < 1.29 is 0 Å². The number of anilines is 1. The van der Waals surface area contributed by atoms with Crippen LogP contribution in [0.1, 0.15) is 36.6 Å². The van der Waals surface area contributed by atoms with E-state index in [2.05, 4.69) is 17.1 Å². The molecule has 36 heavy (non-hydrogen) atoms. The summed E-state index contributed by atoms with van der Waals surface area (Å²) in [4.78, 5) is 33.9. The second kappa shape index (κ2) is 8.99. The van der Waals surface area contributed by atoms with Crippen molar-refractivity contribution in [2.45, 2.75) is 38.9 Å². The van der Waals surface area contributed by atoms with Crippen molar-refractivity contribution in [3.8, 4) is 12.1 Å². The molecule has 1 aromatic carbocycles. The standard InChI is InChI=1S/C26H26N8O2/c1-3-33-23-22(19(13-28)24(33)32-10-6-8-18(29)14-32)31(2)26(36)34(25(23)35)15-21-17(12-27)11-16-7-4-5-9-20(16)30-21/h4-5,7,9,11,18H,3,6,8,10,14-15,29H2,1-2H3/t18-/m1/s1. The normalized spacial score (nSPS) is 15.8. The number of benzene rings is 1. The lowest BCUT2D eigenvalue weighted by molar-refractivity contribution is 0.498. The molecule has 1 atom stereocenters. The van der Waals surface area contributed by atoms with Gasteiger partial charge in [-0.05, 0) is 31.9 Å². The number of rotatable bonds is 4. The molecule has 0 saturated carbocycles. The van der Waals surface area contributed by atoms with Crippen LogP contribution in [0.4, 0.5) is 5.82 Å². The summed E-state index contributed by atoms with van der Waals surface area (Å²) < 4.78 is 4.25. The first-order chi connectivity index (χ1) is 17.4. The monoisotopic (exact) mass is 482 g/mol. The predicted molar refractivity (Wildman–Crippen MR) is 137 cm³/mol. The Morgan fingerprint density at radius 1 is 1.14 bits per heavy atom. The van der Waals surface area contributed by atoms with Crippen LogP contribution in [0.25, 0.3) is 21.9 Å². The number of nitriles is 2. The van der Waals surface area contributed by atoms with E-state index in [0.29, 0.717) is 53.3 Å². The number of fused-ring (bicyclic) bond motifs is 2. The summed E-state index contributed by atoms with van der Waals surface area (Å²) in [5, 5.41) is 20.6. The molecule has 182 valence electrons. The average molecular weight is 483 g/mol. The first-order valence-corrected chi connectivity index (χ1v) is 11.9. The van der Waals surface area contributed by atoms with Crippen LogP contribution in [0, 0.1) is 22.7 Å². The molecule has 0 unspecified atom stereocenters. The third kappa shape index (κ3) is 3.55. The van der Waals surface area contributed by atoms with Gasteiger partial charge in [0.1, 0.15) is 29.0 Å². The molecule has 5 rings (SSSR count). The maximum Gasteiger partial charge on any atom is 0.331 e. The Bertz CT molecular complexity index is 1710. The van der Waals surface area contributed by atoms with Crippen LogP contribution in [-0.2, 0) is 20.1 Å². The maximum absolute atomic E-state index is 13.8. The second-order valence-corrected chi connectivity index (χ2v) is 9.12. The predicted octanol–water partition coefficient (Wildman–Crippen LogP) is 1.79. The van der Waals surface area contributed by atoms with Crippen LogP contribution in [0.5, 0.6) is 0 Å². The molecule has 1 aliphatic rings. The van der Waals surface area contributed by atoms with Gasteiger partial charge in [0.05, 0.1) is 28.8 Å². The van der Waals surface area contributed by atoms with E-state index in [9.17, 15) is 20.1 Å². The minimum absolute atomic E-state index is 0.0301. The molecule has 10 nitrogen and oxygen atoms in total. The summed E-state index contributed by atoms with van der Waals surface area (Å²) in [5.74, 6) is 0.622. The van der Waals surface area contributed by atoms with Crippen molar-refractivity contribution in [2.24, 2.45) is 12.8 Å². The van der Waals surface area contributed by atoms with Crippen molar-refractivity contribution in [2.75, 3.05) is 18.0 Å². The van der Waals surface area contributed by atoms with E-state index < -0.39 is 11.2 Å². The highest BCUT2D eigenvalue weighted by molar-refractivity contribution is 5.90. The largest absolute Gasteiger partial charge is 0.355 e. The lowest BCUT2D eigenvalue weighted by Crippen LogP contribution is -2.44. The van der Waals surface area contributed by atoms with Crippen molar-refractivity contribution in [3.63, 3.8) is 0 Å². The number of para-hydroxylation sites is 1. The Hall–Kier alpha value is -4.41. The van der Waals surface area contributed by atoms with E-state index in [-0.39, 0.29) is 18.1 Å². The van der Waals surface area contributed by atoms with Crippen LogP contribution in [0.3, 0.4) is 0 Å². The zero-order valence-corrected chi connectivity index (χ0v) is 20.2. The number of pyridine rings is 1. The van der Waals surface area contributed by atoms with Gasteiger partial charge in [-0.1, -0.05) is 18.2 Å². The van der Waals surface area contributed by atoms with E-state index >= 15 is 0 Å². The van der Waals surface area contributed by atoms with Crippen LogP contribution < -0.4 is 21.9 Å². The minimum Gasteiger partial charge on any atom is -0.355 e. The Kier molecular flexibility index (Phi) is 5.83. The average Bonchev–Trinajstić information content (AvgIpc) is 3.24. The number of aromatic nitrogens is 4. The van der Waals surface area contributed by atoms with Crippen LogP contribution >= 0.6 is 0 Å². The zero-order chi connectivity index (χ0) is 25.6. The molecular formula is C26H26N8O2. The summed E-state index contributed by atoms with van der Waals surface area (Å²) in [7, 11) is 1.56. The molecule has 0 amide bonds. The maximum atomic E-state index is 13.8. The highest BCUT2D eigenvalue weighted by atomic mass is 16.2. The van der Waals surface area contributed by atoms with E-state index in [0.717, 1.165) is 22.8 Å². The molecule has 10 heteroatoms. The Labute approximate surface area is 207 Å². The molecule has 1 fully saturated rings. The molecule has 1 aliphatic heterocycles. The zero-order valence-electron chi connectivity index (χ0n) is 20.2. The molecule has 0 spiro atoms. The molecule has 0 bridgehead atoms. The Balaban J connectivity index is 1.76. The molecule has 4 heterocycles. The van der Waals surface area contributed by atoms with Gasteiger partial charge in [-0.3, -0.25) is 13.9 Å². The third-order valence-corrected chi connectivity index (χ3v) is 6.93. The first-order valence-electron chi connectivity index (χ1n) is 11.9. The van der Waals surface area contributed by atoms with Gasteiger partial charge >= 0.3 is 5.69 Å². The molecule has 0 aliphatic carbocycles. The molecule has 0 radical (unpaired) electrons. The Morgan fingerprint density at radius 3 is 2.61 bits per heavy atom. The summed E-state index contributed by atoms with van der Waals surface area (Å²) in [6.07, 6.45) is 1.78. The number of nitrogens with zero attached hydrogens (tertiary/aromatic N) is 7. The third-order valence-electron chi connectivity index (χ3n) is 6.93. The molecule has 4 aromatic rings. The van der Waals surface area contributed by atoms with E-state index in [1.165, 1.54) is 4.57 Å². The van der Waals surface area contributed by atoms with Gasteiger partial charge in [-0.2, -0.15) is 10.5 Å². The number of piperidine rings is 1. The van der Waals surface area contributed by atoms with Crippen molar-refractivity contribution in [1.29, 1.82) is 10.5 Å². The van der Waals surface area contributed by atoms with Gasteiger partial charge in [-0.25, -0.2) is 9.78 Å². The molecule has 2 N–H and O–H groups in total. The smallest absolute Gasteiger partial charge is 0.331 e. The number of hydrogen-bond acceptors (Lipinski definition) is 7. The lowest BCUT2D eigenvalue weighted by atomic mass is 10.1. The fraction of sp³-hybridized carbons (Fsp3) is 0.346. The highest BCUT2D eigenvalue weighted by Crippen LogP contribution is 2.32. The quantitative estimate of drug-likeness (QED) is 0.468. The molecule has 3 aromatic heterocycles. The van der Waals surface area contributed by atoms with Crippen molar-refractivity contribution >= 4 is 27.8 Å². The van der Waals surface area contributed by atoms with Crippen LogP contribution in [0.15, 0.2) is 39.9 Å². The number of hydrogen-bond donors (Lipinski definition) is 1. The number of aryl methyl sites for hydroxylation is 2. The summed E-state index contributed by atoms with van der Waals surface area (Å²) in [5.41, 5.74) is 7.33. The fourth-order valence-corrected chi connectivity index (χ4v) is 5.23. The van der Waals surface area contributed by atoms with Gasteiger partial charge in [0, 0.05) is 38.1 Å². The lowest BCUT2D eigenvalue weighted by Gasteiger charge is -2.33. The fourth-order valence-electron chi connectivity index (χ4n) is 5.23. The minimum atomic E-state index is -0.571. The summed E-state index contributed by atoms with van der Waals surface area (Å²) in [6, 6.07) is 13.4. The van der Waals surface area contributed by atoms with Gasteiger partial charge < -0.3 is 15.2 Å². The van der Waals surface area contributed by atoms with Crippen molar-refractivity contribution in [3.05, 3.63) is 68.0 Å². The first kappa shape index (κ1) is 23.3. The summed E-state index contributed by atoms with van der Waals surface area (Å²) in [6.45, 7) is 3.47. The van der Waals surface area contributed by atoms with E-state index in [1.807, 2.05) is 40.7 Å². The number of nitrogens with two attached hydrogens (primary N) is 1. The second-order valence-electron chi connectivity index (χ2n) is 9.12. The van der Waals surface area contributed by atoms with E-state index in [1.54, 1.807) is 13.1 Å². The van der Waals surface area contributed by atoms with E-state index in [4.69, 9.17) is 5.73 Å². The molecule has 1 saturated heterocycles. The van der Waals surface area contributed by atoms with Crippen LogP contribution in [-0.4, -0.2) is 37.8 Å². The van der Waals surface area contributed by atoms with Gasteiger partial charge in [0.25, 0.3) is 5.56 Å². The SMILES string of the molecule is CCn1c(N2CCC[C@@H](N)C2)c(C#N)c2c1c(=O)n(Cc1nc3ccccc3cc1C#N)c(=O)n2C. The highest BCUT2D eigenvalue weighted by Gasteiger charge is 2.29. The van der Waals surface area contributed by atoms with Gasteiger partial charge in [0.2, 0.25) is 0 Å². The topological polar surface area (TPSA) is 139 Å². The Morgan fingerprint density at radius 2 is 1.92 bits per heavy atom. The van der Waals surface area contributed by atoms with Crippen LogP contribution in [0.2, 0.25) is 0 Å². The molecular weight excluding hydrogens is 456 g/mol. The van der Waals surface area contributed by atoms with Gasteiger partial charge in [-0.15, -0.1) is 0 Å². The summed E-state index contributed by atoms with van der Waals surface area (Å²) >= 11 is 0.